The fraction of sp³-hybridized carbons (Fsp3) is 0.200. The van der Waals surface area contributed by atoms with Crippen LogP contribution in [0.5, 0.6) is 11.5 Å². The van der Waals surface area contributed by atoms with Crippen molar-refractivity contribution in [3.8, 4) is 11.5 Å². The highest BCUT2D eigenvalue weighted by atomic mass is 19.4. The molecule has 2 amide bonds. The Kier molecular flexibility index (Phi) is 6.63. The van der Waals surface area contributed by atoms with Crippen LogP contribution in [-0.4, -0.2) is 29.0 Å². The van der Waals surface area contributed by atoms with Gasteiger partial charge in [0.2, 0.25) is 0 Å². The Morgan fingerprint density at radius 3 is 2.42 bits per heavy atom. The number of likely N-dealkylation sites (tertiary alicyclic amines) is 1. The maximum absolute atomic E-state index is 12.7. The minimum absolute atomic E-state index is 0.144. The van der Waals surface area contributed by atoms with Crippen LogP contribution < -0.4 is 10.1 Å². The minimum atomic E-state index is -4.38. The number of hydrogen-bond donors (Lipinski definition) is 1. The quantitative estimate of drug-likeness (QED) is 0.484. The highest BCUT2D eigenvalue weighted by molar-refractivity contribution is 5.89. The van der Waals surface area contributed by atoms with E-state index in [0.717, 1.165) is 30.5 Å². The smallest absolute Gasteiger partial charge is 0.416 e. The van der Waals surface area contributed by atoms with Gasteiger partial charge in [-0.25, -0.2) is 4.79 Å². The Hall–Kier alpha value is -3.81. The van der Waals surface area contributed by atoms with Crippen LogP contribution in [-0.2, 0) is 6.18 Å². The Bertz CT molecular complexity index is 1120. The number of urea groups is 1. The number of piperidine rings is 1. The zero-order valence-corrected chi connectivity index (χ0v) is 17.7. The molecule has 5 nitrogen and oxygen atoms in total. The molecule has 0 bridgehead atoms. The van der Waals surface area contributed by atoms with Crippen LogP contribution in [0.2, 0.25) is 0 Å². The second kappa shape index (κ2) is 9.77. The summed E-state index contributed by atoms with van der Waals surface area (Å²) < 4.78 is 43.9. The van der Waals surface area contributed by atoms with Gasteiger partial charge in [-0.15, -0.1) is 0 Å². The molecule has 1 aliphatic heterocycles. The molecule has 0 spiro atoms. The normalized spacial score (nSPS) is 14.0. The Morgan fingerprint density at radius 1 is 1.00 bits per heavy atom. The molecule has 4 rings (SSSR count). The van der Waals surface area contributed by atoms with E-state index in [1.807, 2.05) is 18.2 Å². The molecule has 1 N–H and O–H groups in total. The first kappa shape index (κ1) is 22.4. The van der Waals surface area contributed by atoms with Crippen molar-refractivity contribution in [2.24, 2.45) is 0 Å². The average molecular weight is 453 g/mol. The molecule has 8 heteroatoms. The van der Waals surface area contributed by atoms with Gasteiger partial charge in [-0.3, -0.25) is 4.98 Å². The topological polar surface area (TPSA) is 54.5 Å². The molecule has 0 saturated carbocycles. The van der Waals surface area contributed by atoms with Crippen molar-refractivity contribution >= 4 is 17.8 Å². The van der Waals surface area contributed by atoms with Gasteiger partial charge in [-0.2, -0.15) is 13.2 Å². The van der Waals surface area contributed by atoms with E-state index in [-0.39, 0.29) is 6.03 Å². The fourth-order valence-electron chi connectivity index (χ4n) is 3.53. The number of hydrogen-bond acceptors (Lipinski definition) is 3. The number of carbonyl (C=O) groups is 1. The van der Waals surface area contributed by atoms with Crippen LogP contribution in [0.15, 0.2) is 78.6 Å². The third kappa shape index (κ3) is 6.12. The summed E-state index contributed by atoms with van der Waals surface area (Å²) in [4.78, 5) is 18.2. The van der Waals surface area contributed by atoms with Gasteiger partial charge < -0.3 is 15.0 Å². The first-order valence-corrected chi connectivity index (χ1v) is 10.5. The monoisotopic (exact) mass is 453 g/mol. The summed E-state index contributed by atoms with van der Waals surface area (Å²) in [6, 6.07) is 15.4. The predicted molar refractivity (Wildman–Crippen MR) is 120 cm³/mol. The number of carbonyl (C=O) groups excluding carboxylic acids is 1. The lowest BCUT2D eigenvalue weighted by molar-refractivity contribution is -0.137. The van der Waals surface area contributed by atoms with E-state index in [2.05, 4.69) is 16.4 Å². The van der Waals surface area contributed by atoms with Gasteiger partial charge in [0.1, 0.15) is 11.5 Å². The maximum atomic E-state index is 12.7. The van der Waals surface area contributed by atoms with Crippen LogP contribution in [0.1, 0.15) is 24.0 Å². The molecule has 1 saturated heterocycles. The van der Waals surface area contributed by atoms with E-state index < -0.39 is 11.7 Å². The number of ether oxygens (including phenoxy) is 1. The molecule has 3 aromatic rings. The molecule has 2 heterocycles. The zero-order valence-electron chi connectivity index (χ0n) is 17.7. The van der Waals surface area contributed by atoms with Crippen molar-refractivity contribution in [3.05, 3.63) is 89.8 Å². The summed E-state index contributed by atoms with van der Waals surface area (Å²) in [7, 11) is 0. The van der Waals surface area contributed by atoms with Gasteiger partial charge in [0.25, 0.3) is 0 Å². The molecule has 1 aliphatic rings. The largest absolute Gasteiger partial charge is 0.457 e. The van der Waals surface area contributed by atoms with Gasteiger partial charge >= 0.3 is 12.2 Å². The number of nitrogens with one attached hydrogen (secondary N) is 1. The van der Waals surface area contributed by atoms with Crippen molar-refractivity contribution in [1.29, 1.82) is 0 Å². The average Bonchev–Trinajstić information content (AvgIpc) is 2.80. The van der Waals surface area contributed by atoms with Gasteiger partial charge in [0.15, 0.2) is 0 Å². The summed E-state index contributed by atoms with van der Waals surface area (Å²) in [5.41, 5.74) is 2.09. The molecular formula is C25H22F3N3O2. The van der Waals surface area contributed by atoms with Crippen LogP contribution in [0.4, 0.5) is 23.7 Å². The number of aromatic nitrogens is 1. The lowest BCUT2D eigenvalue weighted by Crippen LogP contribution is -2.39. The Balaban J connectivity index is 1.34. The first-order valence-electron chi connectivity index (χ1n) is 10.5. The highest BCUT2D eigenvalue weighted by Crippen LogP contribution is 2.31. The lowest BCUT2D eigenvalue weighted by atomic mass is 10.0. The third-order valence-electron chi connectivity index (χ3n) is 5.25. The second-order valence-electron chi connectivity index (χ2n) is 7.66. The molecular weight excluding hydrogens is 431 g/mol. The van der Waals surface area contributed by atoms with E-state index in [0.29, 0.717) is 30.3 Å². The molecule has 1 fully saturated rings. The van der Waals surface area contributed by atoms with Crippen LogP contribution in [0, 0.1) is 0 Å². The van der Waals surface area contributed by atoms with Crippen LogP contribution in [0.3, 0.4) is 0 Å². The molecule has 33 heavy (non-hydrogen) atoms. The highest BCUT2D eigenvalue weighted by Gasteiger charge is 2.30. The summed E-state index contributed by atoms with van der Waals surface area (Å²) >= 11 is 0. The number of alkyl halides is 3. The van der Waals surface area contributed by atoms with Gasteiger partial charge in [-0.1, -0.05) is 23.8 Å². The summed E-state index contributed by atoms with van der Waals surface area (Å²) in [6.07, 6.45) is 2.45. The van der Waals surface area contributed by atoms with E-state index in [1.54, 1.807) is 35.5 Å². The number of nitrogens with zero attached hydrogens (tertiary/aromatic N) is 2. The second-order valence-corrected chi connectivity index (χ2v) is 7.66. The minimum Gasteiger partial charge on any atom is -0.457 e. The van der Waals surface area contributed by atoms with Crippen molar-refractivity contribution < 1.29 is 22.7 Å². The zero-order chi connectivity index (χ0) is 23.3. The molecule has 170 valence electrons. The molecule has 0 radical (unpaired) electrons. The standard InChI is InChI=1S/C25H22F3N3O2/c26-25(27,28)20-6-8-22(9-7-20)33-23-5-1-3-19(16-23)15-18-10-13-31(14-11-18)24(32)30-21-4-2-12-29-17-21/h1-9,12,15-17H,10-11,13-14H2,(H,30,32). The van der Waals surface area contributed by atoms with Crippen LogP contribution >= 0.6 is 0 Å². The lowest BCUT2D eigenvalue weighted by Gasteiger charge is -2.28. The van der Waals surface area contributed by atoms with Crippen LogP contribution in [0.25, 0.3) is 6.08 Å². The van der Waals surface area contributed by atoms with E-state index in [1.165, 1.54) is 17.7 Å². The Labute approximate surface area is 189 Å². The number of amides is 2. The first-order chi connectivity index (χ1) is 15.9. The number of pyridine rings is 1. The Morgan fingerprint density at radius 2 is 1.76 bits per heavy atom. The van der Waals surface area contributed by atoms with Crippen molar-refractivity contribution in [2.75, 3.05) is 18.4 Å². The van der Waals surface area contributed by atoms with Crippen molar-refractivity contribution in [1.82, 2.24) is 9.88 Å². The van der Waals surface area contributed by atoms with Gasteiger partial charge in [-0.05, 0) is 66.9 Å². The van der Waals surface area contributed by atoms with Crippen molar-refractivity contribution in [3.63, 3.8) is 0 Å². The molecule has 2 aromatic carbocycles. The summed E-state index contributed by atoms with van der Waals surface area (Å²) in [5.74, 6) is 0.873. The molecule has 0 aliphatic carbocycles. The van der Waals surface area contributed by atoms with Crippen molar-refractivity contribution in [2.45, 2.75) is 19.0 Å². The SMILES string of the molecule is O=C(Nc1cccnc1)N1CCC(=Cc2cccc(Oc3ccc(C(F)(F)F)cc3)c2)CC1. The number of benzene rings is 2. The molecule has 1 aromatic heterocycles. The number of rotatable bonds is 4. The maximum Gasteiger partial charge on any atom is 0.416 e. The number of anilines is 1. The summed E-state index contributed by atoms with van der Waals surface area (Å²) in [6.45, 7) is 1.22. The third-order valence-corrected chi connectivity index (χ3v) is 5.25. The van der Waals surface area contributed by atoms with E-state index >= 15 is 0 Å². The predicted octanol–water partition coefficient (Wildman–Crippen LogP) is 6.60. The molecule has 0 unspecified atom stereocenters. The van der Waals surface area contributed by atoms with E-state index in [4.69, 9.17) is 4.74 Å². The molecule has 0 atom stereocenters. The fourth-order valence-corrected chi connectivity index (χ4v) is 3.53. The van der Waals surface area contributed by atoms with Gasteiger partial charge in [0, 0.05) is 19.3 Å². The number of halogens is 3. The van der Waals surface area contributed by atoms with Gasteiger partial charge in [0.05, 0.1) is 17.4 Å². The summed E-state index contributed by atoms with van der Waals surface area (Å²) in [5, 5.41) is 2.84. The van der Waals surface area contributed by atoms with E-state index in [9.17, 15) is 18.0 Å².